The second kappa shape index (κ2) is 5.43. The molecule has 1 saturated carbocycles. The Morgan fingerprint density at radius 3 is 2.91 bits per heavy atom. The van der Waals surface area contributed by atoms with Crippen LogP contribution in [0.25, 0.3) is 10.6 Å². The lowest BCUT2D eigenvalue weighted by Gasteiger charge is -2.22. The molecule has 0 bridgehead atoms. The Morgan fingerprint density at radius 1 is 1.36 bits per heavy atom. The third-order valence-electron chi connectivity index (χ3n) is 4.55. The van der Waals surface area contributed by atoms with Crippen LogP contribution in [0.1, 0.15) is 48.5 Å². The first-order chi connectivity index (χ1) is 10.7. The van der Waals surface area contributed by atoms with Crippen molar-refractivity contribution in [2.24, 2.45) is 0 Å². The Kier molecular flexibility index (Phi) is 3.41. The maximum absolute atomic E-state index is 12.5. The first kappa shape index (κ1) is 13.8. The lowest BCUT2D eigenvalue weighted by atomic mass is 9.96. The Hall–Kier alpha value is -1.82. The molecule has 2 aromatic rings. The number of H-pyrrole nitrogens is 1. The first-order valence-corrected chi connectivity index (χ1v) is 8.77. The molecule has 0 spiro atoms. The summed E-state index contributed by atoms with van der Waals surface area (Å²) in [6.45, 7) is 2.05. The second-order valence-electron chi connectivity index (χ2n) is 6.28. The number of aromatic amines is 1. The highest BCUT2D eigenvalue weighted by molar-refractivity contribution is 7.20. The van der Waals surface area contributed by atoms with Gasteiger partial charge >= 0.3 is 0 Å². The monoisotopic (exact) mass is 316 g/mol. The zero-order chi connectivity index (χ0) is 15.1. The Labute approximate surface area is 133 Å². The minimum Gasteiger partial charge on any atom is -0.374 e. The van der Waals surface area contributed by atoms with Crippen molar-refractivity contribution in [1.29, 1.82) is 0 Å². The van der Waals surface area contributed by atoms with Gasteiger partial charge in [-0.3, -0.25) is 9.89 Å². The van der Waals surface area contributed by atoms with E-state index in [2.05, 4.69) is 27.8 Å². The van der Waals surface area contributed by atoms with E-state index in [1.807, 2.05) is 12.3 Å². The Morgan fingerprint density at radius 2 is 2.18 bits per heavy atom. The van der Waals surface area contributed by atoms with E-state index in [1.54, 1.807) is 11.3 Å². The smallest absolute Gasteiger partial charge is 0.254 e. The number of fused-ring (bicyclic) bond motifs is 1. The van der Waals surface area contributed by atoms with E-state index in [0.29, 0.717) is 6.04 Å². The normalized spacial score (nSPS) is 21.7. The molecule has 4 rings (SSSR count). The molecule has 116 valence electrons. The van der Waals surface area contributed by atoms with Crippen molar-refractivity contribution >= 4 is 22.2 Å². The molecule has 1 atom stereocenters. The summed E-state index contributed by atoms with van der Waals surface area (Å²) >= 11 is 1.67. The van der Waals surface area contributed by atoms with Gasteiger partial charge in [-0.15, -0.1) is 11.3 Å². The number of carbonyl (C=O) groups is 1. The van der Waals surface area contributed by atoms with Crippen LogP contribution in [0.5, 0.6) is 0 Å². The fraction of sp³-hybridized carbons (Fsp3) is 0.500. The van der Waals surface area contributed by atoms with E-state index in [0.717, 1.165) is 33.1 Å². The van der Waals surface area contributed by atoms with Crippen LogP contribution in [0.4, 0.5) is 5.00 Å². The maximum atomic E-state index is 12.5. The molecule has 0 saturated heterocycles. The molecular formula is C16H20N4OS. The fourth-order valence-electron chi connectivity index (χ4n) is 3.50. The number of amides is 1. The van der Waals surface area contributed by atoms with Gasteiger partial charge in [0.1, 0.15) is 10.7 Å². The van der Waals surface area contributed by atoms with Crippen LogP contribution in [0.2, 0.25) is 0 Å². The van der Waals surface area contributed by atoms with Crippen LogP contribution < -0.4 is 10.6 Å². The zero-order valence-electron chi connectivity index (χ0n) is 12.6. The minimum atomic E-state index is 0.0484. The number of hydrogen-bond donors (Lipinski definition) is 3. The molecular weight excluding hydrogens is 296 g/mol. The Bertz CT molecular complexity index is 685. The van der Waals surface area contributed by atoms with Gasteiger partial charge in [-0.2, -0.15) is 5.10 Å². The number of anilines is 1. The van der Waals surface area contributed by atoms with E-state index in [4.69, 9.17) is 0 Å². The molecule has 1 fully saturated rings. The average Bonchev–Trinajstić information content (AvgIpc) is 3.19. The number of nitrogens with zero attached hydrogens (tertiary/aromatic N) is 1. The van der Waals surface area contributed by atoms with Crippen molar-refractivity contribution in [1.82, 2.24) is 15.5 Å². The molecule has 6 heteroatoms. The van der Waals surface area contributed by atoms with Crippen LogP contribution in [-0.2, 0) is 6.42 Å². The first-order valence-electron chi connectivity index (χ1n) is 7.95. The van der Waals surface area contributed by atoms with E-state index in [1.165, 1.54) is 25.7 Å². The molecule has 3 N–H and O–H groups in total. The van der Waals surface area contributed by atoms with Gasteiger partial charge in [-0.05, 0) is 37.8 Å². The second-order valence-corrected chi connectivity index (χ2v) is 7.30. The standard InChI is InChI=1S/C16H20N4OS/c1-9-8-11-13(15(21)18-9)16(19-10-4-2-3-5-10)22-14(11)12-6-7-17-20-12/h6-7,9-10,19H,2-5,8H2,1H3,(H,17,20)(H,18,21). The quantitative estimate of drug-likeness (QED) is 0.814. The average molecular weight is 316 g/mol. The predicted molar refractivity (Wildman–Crippen MR) is 88.4 cm³/mol. The third kappa shape index (κ3) is 2.31. The largest absolute Gasteiger partial charge is 0.374 e. The number of carbonyl (C=O) groups excluding carboxylic acids is 1. The lowest BCUT2D eigenvalue weighted by Crippen LogP contribution is -2.39. The van der Waals surface area contributed by atoms with E-state index >= 15 is 0 Å². The molecule has 1 unspecified atom stereocenters. The summed E-state index contributed by atoms with van der Waals surface area (Å²) < 4.78 is 0. The van der Waals surface area contributed by atoms with Gasteiger partial charge in [0.2, 0.25) is 0 Å². The summed E-state index contributed by atoms with van der Waals surface area (Å²) in [7, 11) is 0. The topological polar surface area (TPSA) is 69.8 Å². The molecule has 0 radical (unpaired) electrons. The van der Waals surface area contributed by atoms with Gasteiger partial charge < -0.3 is 10.6 Å². The summed E-state index contributed by atoms with van der Waals surface area (Å²) in [5, 5.41) is 14.9. The SMILES string of the molecule is CC1Cc2c(-c3cc[nH]n3)sc(NC3CCCC3)c2C(=O)N1. The molecule has 3 heterocycles. The maximum Gasteiger partial charge on any atom is 0.254 e. The number of rotatable bonds is 3. The minimum absolute atomic E-state index is 0.0484. The van der Waals surface area contributed by atoms with Gasteiger partial charge in [0, 0.05) is 18.3 Å². The predicted octanol–water partition coefficient (Wildman–Crippen LogP) is 3.17. The van der Waals surface area contributed by atoms with Gasteiger partial charge in [0.05, 0.1) is 10.4 Å². The van der Waals surface area contributed by atoms with Crippen LogP contribution in [0, 0.1) is 0 Å². The molecule has 5 nitrogen and oxygen atoms in total. The van der Waals surface area contributed by atoms with Crippen molar-refractivity contribution in [3.05, 3.63) is 23.4 Å². The molecule has 2 aromatic heterocycles. The molecule has 22 heavy (non-hydrogen) atoms. The van der Waals surface area contributed by atoms with Crippen LogP contribution >= 0.6 is 11.3 Å². The van der Waals surface area contributed by atoms with Gasteiger partial charge in [0.15, 0.2) is 0 Å². The van der Waals surface area contributed by atoms with Crippen LogP contribution in [0.15, 0.2) is 12.3 Å². The Balaban J connectivity index is 1.78. The molecule has 2 aliphatic rings. The highest BCUT2D eigenvalue weighted by Gasteiger charge is 2.31. The summed E-state index contributed by atoms with van der Waals surface area (Å²) in [5.74, 6) is 0.0484. The third-order valence-corrected chi connectivity index (χ3v) is 5.73. The van der Waals surface area contributed by atoms with Gasteiger partial charge in [-0.25, -0.2) is 0 Å². The van der Waals surface area contributed by atoms with Gasteiger partial charge in [-0.1, -0.05) is 12.8 Å². The van der Waals surface area contributed by atoms with Crippen molar-refractivity contribution < 1.29 is 4.79 Å². The van der Waals surface area contributed by atoms with E-state index in [9.17, 15) is 4.79 Å². The molecule has 1 amide bonds. The number of thiophene rings is 1. The summed E-state index contributed by atoms with van der Waals surface area (Å²) in [6, 6.07) is 2.65. The zero-order valence-corrected chi connectivity index (χ0v) is 13.4. The van der Waals surface area contributed by atoms with E-state index in [-0.39, 0.29) is 11.9 Å². The summed E-state index contributed by atoms with van der Waals surface area (Å²) in [6.07, 6.45) is 7.65. The molecule has 1 aliphatic heterocycles. The fourth-order valence-corrected chi connectivity index (χ4v) is 4.78. The summed E-state index contributed by atoms with van der Waals surface area (Å²) in [4.78, 5) is 13.6. The highest BCUT2D eigenvalue weighted by atomic mass is 32.1. The lowest BCUT2D eigenvalue weighted by molar-refractivity contribution is 0.0931. The van der Waals surface area contributed by atoms with Crippen molar-refractivity contribution in [2.45, 2.75) is 51.1 Å². The van der Waals surface area contributed by atoms with Crippen molar-refractivity contribution in [3.63, 3.8) is 0 Å². The van der Waals surface area contributed by atoms with Crippen molar-refractivity contribution in [2.75, 3.05) is 5.32 Å². The van der Waals surface area contributed by atoms with Crippen LogP contribution in [-0.4, -0.2) is 28.2 Å². The number of hydrogen-bond acceptors (Lipinski definition) is 4. The molecule has 1 aliphatic carbocycles. The molecule has 0 aromatic carbocycles. The van der Waals surface area contributed by atoms with Gasteiger partial charge in [0.25, 0.3) is 5.91 Å². The van der Waals surface area contributed by atoms with E-state index < -0.39 is 0 Å². The number of nitrogens with one attached hydrogen (secondary N) is 3. The summed E-state index contributed by atoms with van der Waals surface area (Å²) in [5.41, 5.74) is 2.92. The number of aromatic nitrogens is 2. The van der Waals surface area contributed by atoms with Crippen LogP contribution in [0.3, 0.4) is 0 Å². The van der Waals surface area contributed by atoms with Crippen molar-refractivity contribution in [3.8, 4) is 10.6 Å². The highest BCUT2D eigenvalue weighted by Crippen LogP contribution is 2.42.